The summed E-state index contributed by atoms with van der Waals surface area (Å²) in [5.74, 6) is 0.342. The zero-order valence-corrected chi connectivity index (χ0v) is 12.7. The molecular weight excluding hydrogens is 275 g/mol. The van der Waals surface area contributed by atoms with E-state index >= 15 is 0 Å². The van der Waals surface area contributed by atoms with Crippen LogP contribution in [0.1, 0.15) is 30.7 Å². The minimum atomic E-state index is -0.413. The molecule has 2 aromatic heterocycles. The maximum atomic E-state index is 13.6. The molecule has 4 nitrogen and oxygen atoms in total. The van der Waals surface area contributed by atoms with Gasteiger partial charge in [0.15, 0.2) is 11.6 Å². The number of halogens is 1. The third-order valence-electron chi connectivity index (χ3n) is 2.92. The Kier molecular flexibility index (Phi) is 4.89. The Morgan fingerprint density at radius 2 is 2.25 bits per heavy atom. The van der Waals surface area contributed by atoms with Gasteiger partial charge in [-0.3, -0.25) is 0 Å². The Labute approximate surface area is 122 Å². The normalized spacial score (nSPS) is 12.2. The second-order valence-electron chi connectivity index (χ2n) is 4.76. The van der Waals surface area contributed by atoms with Gasteiger partial charge < -0.3 is 10.2 Å². The molecule has 0 saturated carbocycles. The molecule has 1 atom stereocenters. The molecular formula is C14H19FN4S. The summed E-state index contributed by atoms with van der Waals surface area (Å²) in [7, 11) is 3.52. The van der Waals surface area contributed by atoms with Gasteiger partial charge in [0.2, 0.25) is 5.95 Å². The van der Waals surface area contributed by atoms with E-state index in [1.807, 2.05) is 6.07 Å². The van der Waals surface area contributed by atoms with Crippen molar-refractivity contribution >= 4 is 23.1 Å². The zero-order valence-electron chi connectivity index (χ0n) is 11.9. The Balaban J connectivity index is 2.20. The van der Waals surface area contributed by atoms with Gasteiger partial charge in [-0.1, -0.05) is 19.4 Å². The standard InChI is InChI=1S/C14H19FN4S/c1-4-6-11(12-7-5-8-20-12)17-14-16-9-10(15)13(18-14)19(2)3/h5,7-9,11H,4,6H2,1-3H3,(H,16,17,18). The van der Waals surface area contributed by atoms with E-state index in [0.717, 1.165) is 12.8 Å². The lowest BCUT2D eigenvalue weighted by atomic mass is 10.1. The monoisotopic (exact) mass is 294 g/mol. The molecule has 0 aliphatic rings. The smallest absolute Gasteiger partial charge is 0.225 e. The average Bonchev–Trinajstić information content (AvgIpc) is 2.94. The predicted octanol–water partition coefficient (Wildman–Crippen LogP) is 3.70. The molecule has 2 rings (SSSR count). The summed E-state index contributed by atoms with van der Waals surface area (Å²) < 4.78 is 13.6. The van der Waals surface area contributed by atoms with Crippen LogP contribution in [-0.2, 0) is 0 Å². The molecule has 0 aliphatic heterocycles. The van der Waals surface area contributed by atoms with Gasteiger partial charge in [-0.15, -0.1) is 11.3 Å². The maximum Gasteiger partial charge on any atom is 0.225 e. The SMILES string of the molecule is CCCC(Nc1ncc(F)c(N(C)C)n1)c1cccs1. The highest BCUT2D eigenvalue weighted by atomic mass is 32.1. The van der Waals surface area contributed by atoms with Gasteiger partial charge in [-0.05, 0) is 17.9 Å². The molecule has 1 unspecified atom stereocenters. The van der Waals surface area contributed by atoms with Gasteiger partial charge >= 0.3 is 0 Å². The summed E-state index contributed by atoms with van der Waals surface area (Å²) >= 11 is 1.70. The third-order valence-corrected chi connectivity index (χ3v) is 3.90. The van der Waals surface area contributed by atoms with Gasteiger partial charge in [0.25, 0.3) is 0 Å². The van der Waals surface area contributed by atoms with Crippen LogP contribution in [0.2, 0.25) is 0 Å². The Bertz CT molecular complexity index is 542. The van der Waals surface area contributed by atoms with Crippen molar-refractivity contribution in [1.82, 2.24) is 9.97 Å². The van der Waals surface area contributed by atoms with Crippen LogP contribution in [0.4, 0.5) is 16.2 Å². The third kappa shape index (κ3) is 3.45. The summed E-state index contributed by atoms with van der Waals surface area (Å²) in [6.07, 6.45) is 3.25. The number of hydrogen-bond donors (Lipinski definition) is 1. The van der Waals surface area contributed by atoms with Crippen molar-refractivity contribution in [1.29, 1.82) is 0 Å². The summed E-state index contributed by atoms with van der Waals surface area (Å²) in [4.78, 5) is 11.2. The molecule has 108 valence electrons. The number of hydrogen-bond acceptors (Lipinski definition) is 5. The largest absolute Gasteiger partial charge is 0.360 e. The lowest BCUT2D eigenvalue weighted by Gasteiger charge is -2.18. The van der Waals surface area contributed by atoms with Crippen LogP contribution in [0, 0.1) is 5.82 Å². The van der Waals surface area contributed by atoms with Crippen LogP contribution in [0.25, 0.3) is 0 Å². The fourth-order valence-corrected chi connectivity index (χ4v) is 2.77. The first-order valence-electron chi connectivity index (χ1n) is 6.61. The van der Waals surface area contributed by atoms with Gasteiger partial charge in [0.1, 0.15) is 0 Å². The molecule has 1 N–H and O–H groups in total. The van der Waals surface area contributed by atoms with Crippen molar-refractivity contribution in [2.45, 2.75) is 25.8 Å². The summed E-state index contributed by atoms with van der Waals surface area (Å²) in [6, 6.07) is 4.29. The highest BCUT2D eigenvalue weighted by Gasteiger charge is 2.15. The van der Waals surface area contributed by atoms with E-state index in [2.05, 4.69) is 33.7 Å². The van der Waals surface area contributed by atoms with Gasteiger partial charge in [0, 0.05) is 19.0 Å². The van der Waals surface area contributed by atoms with E-state index in [4.69, 9.17) is 0 Å². The van der Waals surface area contributed by atoms with Crippen molar-refractivity contribution in [3.63, 3.8) is 0 Å². The van der Waals surface area contributed by atoms with Crippen LogP contribution in [0.15, 0.2) is 23.7 Å². The summed E-state index contributed by atoms with van der Waals surface area (Å²) in [6.45, 7) is 2.14. The second-order valence-corrected chi connectivity index (χ2v) is 5.74. The molecule has 0 aliphatic carbocycles. The van der Waals surface area contributed by atoms with Crippen molar-refractivity contribution in [3.05, 3.63) is 34.4 Å². The number of anilines is 2. The first kappa shape index (κ1) is 14.7. The van der Waals surface area contributed by atoms with E-state index < -0.39 is 5.82 Å². The number of rotatable bonds is 6. The summed E-state index contributed by atoms with van der Waals surface area (Å²) in [5, 5.41) is 5.35. The molecule has 20 heavy (non-hydrogen) atoms. The first-order valence-corrected chi connectivity index (χ1v) is 7.49. The van der Waals surface area contributed by atoms with Crippen LogP contribution < -0.4 is 10.2 Å². The van der Waals surface area contributed by atoms with Crippen LogP contribution in [0.3, 0.4) is 0 Å². The quantitative estimate of drug-likeness (QED) is 0.882. The van der Waals surface area contributed by atoms with Crippen LogP contribution in [-0.4, -0.2) is 24.1 Å². The minimum Gasteiger partial charge on any atom is -0.360 e. The molecule has 0 bridgehead atoms. The van der Waals surface area contributed by atoms with Crippen LogP contribution in [0.5, 0.6) is 0 Å². The Hall–Kier alpha value is -1.69. The summed E-state index contributed by atoms with van der Waals surface area (Å²) in [5.41, 5.74) is 0. The van der Waals surface area contributed by atoms with Crippen molar-refractivity contribution < 1.29 is 4.39 Å². The van der Waals surface area contributed by atoms with E-state index in [-0.39, 0.29) is 6.04 Å². The topological polar surface area (TPSA) is 41.1 Å². The fourth-order valence-electron chi connectivity index (χ4n) is 1.96. The highest BCUT2D eigenvalue weighted by molar-refractivity contribution is 7.10. The van der Waals surface area contributed by atoms with Crippen molar-refractivity contribution in [2.24, 2.45) is 0 Å². The lowest BCUT2D eigenvalue weighted by molar-refractivity contribution is 0.610. The lowest BCUT2D eigenvalue weighted by Crippen LogP contribution is -2.17. The zero-order chi connectivity index (χ0) is 14.5. The fraction of sp³-hybridized carbons (Fsp3) is 0.429. The molecule has 2 aromatic rings. The first-order chi connectivity index (χ1) is 9.61. The number of nitrogens with one attached hydrogen (secondary N) is 1. The van der Waals surface area contributed by atoms with Crippen LogP contribution >= 0.6 is 11.3 Å². The second kappa shape index (κ2) is 6.65. The molecule has 6 heteroatoms. The molecule has 0 spiro atoms. The molecule has 0 fully saturated rings. The molecule has 2 heterocycles. The van der Waals surface area contributed by atoms with E-state index in [1.54, 1.807) is 30.3 Å². The number of thiophene rings is 1. The van der Waals surface area contributed by atoms with E-state index in [0.29, 0.717) is 11.8 Å². The van der Waals surface area contributed by atoms with Gasteiger partial charge in [-0.2, -0.15) is 4.98 Å². The Morgan fingerprint density at radius 1 is 1.45 bits per heavy atom. The Morgan fingerprint density at radius 3 is 2.85 bits per heavy atom. The molecule has 0 saturated heterocycles. The van der Waals surface area contributed by atoms with Gasteiger partial charge in [0.05, 0.1) is 12.2 Å². The highest BCUT2D eigenvalue weighted by Crippen LogP contribution is 2.27. The van der Waals surface area contributed by atoms with E-state index in [1.165, 1.54) is 11.1 Å². The van der Waals surface area contributed by atoms with Crippen molar-refractivity contribution in [2.75, 3.05) is 24.3 Å². The average molecular weight is 294 g/mol. The molecule has 0 amide bonds. The van der Waals surface area contributed by atoms with E-state index in [9.17, 15) is 4.39 Å². The predicted molar refractivity (Wildman–Crippen MR) is 81.9 cm³/mol. The molecule has 0 aromatic carbocycles. The minimum absolute atomic E-state index is 0.167. The van der Waals surface area contributed by atoms with Crippen molar-refractivity contribution in [3.8, 4) is 0 Å². The maximum absolute atomic E-state index is 13.6. The molecule has 0 radical (unpaired) electrons. The number of nitrogens with zero attached hydrogens (tertiary/aromatic N) is 3. The number of aromatic nitrogens is 2. The van der Waals surface area contributed by atoms with Gasteiger partial charge in [-0.25, -0.2) is 9.37 Å².